The summed E-state index contributed by atoms with van der Waals surface area (Å²) in [4.78, 5) is 0. The van der Waals surface area contributed by atoms with E-state index in [1.54, 1.807) is 12.1 Å². The second-order valence-electron chi connectivity index (χ2n) is 4.46. The van der Waals surface area contributed by atoms with Gasteiger partial charge < -0.3 is 5.11 Å². The first-order valence-corrected chi connectivity index (χ1v) is 6.48. The number of aliphatic hydroxyl groups excluding tert-OH is 1. The minimum Gasteiger partial charge on any atom is -0.384 e. The summed E-state index contributed by atoms with van der Waals surface area (Å²) < 4.78 is 14.4. The summed E-state index contributed by atoms with van der Waals surface area (Å²) in [5.74, 6) is -0.406. The summed E-state index contributed by atoms with van der Waals surface area (Å²) in [5, 5.41) is 10.3. The molecule has 2 rings (SSSR count). The Kier molecular flexibility index (Phi) is 3.83. The van der Waals surface area contributed by atoms with Crippen LogP contribution in [0.1, 0.15) is 28.4 Å². The lowest BCUT2D eigenvalue weighted by Gasteiger charge is -2.15. The van der Waals surface area contributed by atoms with Crippen LogP contribution in [0.15, 0.2) is 40.9 Å². The van der Waals surface area contributed by atoms with Gasteiger partial charge in [-0.05, 0) is 31.5 Å². The maximum atomic E-state index is 13.8. The van der Waals surface area contributed by atoms with Crippen LogP contribution in [0, 0.1) is 19.7 Å². The third-order valence-electron chi connectivity index (χ3n) is 2.83. The van der Waals surface area contributed by atoms with Gasteiger partial charge in [-0.25, -0.2) is 4.39 Å². The molecule has 0 heterocycles. The third kappa shape index (κ3) is 2.62. The van der Waals surface area contributed by atoms with Crippen molar-refractivity contribution in [1.82, 2.24) is 0 Å². The average molecular weight is 309 g/mol. The Bertz CT molecular complexity index is 540. The zero-order chi connectivity index (χ0) is 13.3. The minimum atomic E-state index is -0.959. The van der Waals surface area contributed by atoms with Crippen molar-refractivity contribution >= 4 is 15.9 Å². The van der Waals surface area contributed by atoms with E-state index in [1.165, 1.54) is 6.07 Å². The first-order valence-electron chi connectivity index (χ1n) is 5.69. The van der Waals surface area contributed by atoms with E-state index in [9.17, 15) is 9.50 Å². The lowest BCUT2D eigenvalue weighted by atomic mass is 9.98. The first-order chi connectivity index (χ1) is 8.49. The molecule has 0 aromatic heterocycles. The Hall–Kier alpha value is -1.19. The second-order valence-corrected chi connectivity index (χ2v) is 5.31. The fourth-order valence-corrected chi connectivity index (χ4v) is 2.67. The summed E-state index contributed by atoms with van der Waals surface area (Å²) in [7, 11) is 0. The Balaban J connectivity index is 2.51. The van der Waals surface area contributed by atoms with E-state index in [0.717, 1.165) is 11.1 Å². The van der Waals surface area contributed by atoms with Crippen LogP contribution in [-0.2, 0) is 0 Å². The molecule has 0 saturated heterocycles. The highest BCUT2D eigenvalue weighted by molar-refractivity contribution is 9.10. The van der Waals surface area contributed by atoms with Crippen LogP contribution in [0.3, 0.4) is 0 Å². The number of aryl methyl sites for hydroxylation is 2. The molecular formula is C15H14BrFO. The lowest BCUT2D eigenvalue weighted by Crippen LogP contribution is -2.04. The topological polar surface area (TPSA) is 20.2 Å². The van der Waals surface area contributed by atoms with Crippen molar-refractivity contribution in [2.75, 3.05) is 0 Å². The van der Waals surface area contributed by atoms with Gasteiger partial charge in [-0.2, -0.15) is 0 Å². The van der Waals surface area contributed by atoms with E-state index in [-0.39, 0.29) is 5.56 Å². The molecule has 94 valence electrons. The molecule has 1 nitrogen and oxygen atoms in total. The number of hydrogen-bond acceptors (Lipinski definition) is 1. The number of rotatable bonds is 2. The quantitative estimate of drug-likeness (QED) is 0.877. The molecule has 0 aliphatic carbocycles. The number of aliphatic hydroxyl groups is 1. The zero-order valence-corrected chi connectivity index (χ0v) is 11.8. The van der Waals surface area contributed by atoms with Crippen LogP contribution in [0.25, 0.3) is 0 Å². The van der Waals surface area contributed by atoms with E-state index in [2.05, 4.69) is 15.9 Å². The number of benzene rings is 2. The van der Waals surface area contributed by atoms with Gasteiger partial charge >= 0.3 is 0 Å². The molecule has 1 N–H and O–H groups in total. The van der Waals surface area contributed by atoms with E-state index >= 15 is 0 Å². The predicted octanol–water partition coefficient (Wildman–Crippen LogP) is 4.29. The molecule has 2 aromatic rings. The summed E-state index contributed by atoms with van der Waals surface area (Å²) in [6, 6.07) is 10.5. The first kappa shape index (κ1) is 13.2. The predicted molar refractivity (Wildman–Crippen MR) is 74.1 cm³/mol. The van der Waals surface area contributed by atoms with Crippen LogP contribution in [0.2, 0.25) is 0 Å². The molecule has 0 aliphatic heterocycles. The Labute approximate surface area is 114 Å². The molecule has 0 amide bonds. The van der Waals surface area contributed by atoms with Gasteiger partial charge in [-0.15, -0.1) is 0 Å². The molecule has 0 bridgehead atoms. The van der Waals surface area contributed by atoms with Gasteiger partial charge in [0, 0.05) is 10.0 Å². The molecule has 3 heteroatoms. The minimum absolute atomic E-state index is 0.280. The van der Waals surface area contributed by atoms with Crippen molar-refractivity contribution in [3.8, 4) is 0 Å². The monoisotopic (exact) mass is 308 g/mol. The SMILES string of the molecule is Cc1cc(C)cc(C(O)c2c(F)cccc2Br)c1. The van der Waals surface area contributed by atoms with Gasteiger partial charge in [0.15, 0.2) is 0 Å². The highest BCUT2D eigenvalue weighted by Crippen LogP contribution is 2.31. The lowest BCUT2D eigenvalue weighted by molar-refractivity contribution is 0.214. The standard InChI is InChI=1S/C15H14BrFO/c1-9-6-10(2)8-11(7-9)15(18)14-12(16)4-3-5-13(14)17/h3-8,15,18H,1-2H3. The summed E-state index contributed by atoms with van der Waals surface area (Å²) >= 11 is 3.28. The molecule has 18 heavy (non-hydrogen) atoms. The molecule has 0 fully saturated rings. The van der Waals surface area contributed by atoms with Crippen LogP contribution in [0.5, 0.6) is 0 Å². The van der Waals surface area contributed by atoms with Crippen LogP contribution in [0.4, 0.5) is 4.39 Å². The molecule has 0 saturated carbocycles. The Morgan fingerprint density at radius 2 is 1.72 bits per heavy atom. The van der Waals surface area contributed by atoms with Gasteiger partial charge in [0.05, 0.1) is 0 Å². The fourth-order valence-electron chi connectivity index (χ4n) is 2.11. The van der Waals surface area contributed by atoms with Gasteiger partial charge in [-0.3, -0.25) is 0 Å². The largest absolute Gasteiger partial charge is 0.384 e. The van der Waals surface area contributed by atoms with E-state index in [4.69, 9.17) is 0 Å². The molecule has 0 aliphatic rings. The molecule has 0 spiro atoms. The highest BCUT2D eigenvalue weighted by Gasteiger charge is 2.18. The maximum Gasteiger partial charge on any atom is 0.130 e. The number of halogens is 2. The smallest absolute Gasteiger partial charge is 0.130 e. The second kappa shape index (κ2) is 5.21. The van der Waals surface area contributed by atoms with E-state index < -0.39 is 11.9 Å². The van der Waals surface area contributed by atoms with Gasteiger partial charge in [-0.1, -0.05) is 51.3 Å². The summed E-state index contributed by atoms with van der Waals surface area (Å²) in [6.07, 6.45) is -0.959. The van der Waals surface area contributed by atoms with Crippen LogP contribution >= 0.6 is 15.9 Å². The highest BCUT2D eigenvalue weighted by atomic mass is 79.9. The van der Waals surface area contributed by atoms with Crippen molar-refractivity contribution in [3.63, 3.8) is 0 Å². The van der Waals surface area contributed by atoms with Crippen LogP contribution < -0.4 is 0 Å². The van der Waals surface area contributed by atoms with Crippen molar-refractivity contribution in [1.29, 1.82) is 0 Å². The average Bonchev–Trinajstić information content (AvgIpc) is 2.27. The van der Waals surface area contributed by atoms with Crippen molar-refractivity contribution in [2.45, 2.75) is 20.0 Å². The molecule has 1 unspecified atom stereocenters. The van der Waals surface area contributed by atoms with E-state index in [0.29, 0.717) is 10.0 Å². The Morgan fingerprint density at radius 3 is 2.28 bits per heavy atom. The molecule has 0 radical (unpaired) electrons. The summed E-state index contributed by atoms with van der Waals surface area (Å²) in [6.45, 7) is 3.92. The van der Waals surface area contributed by atoms with Crippen LogP contribution in [-0.4, -0.2) is 5.11 Å². The Morgan fingerprint density at radius 1 is 1.11 bits per heavy atom. The van der Waals surface area contributed by atoms with Gasteiger partial charge in [0.25, 0.3) is 0 Å². The zero-order valence-electron chi connectivity index (χ0n) is 10.2. The van der Waals surface area contributed by atoms with Crippen molar-refractivity contribution in [2.24, 2.45) is 0 Å². The van der Waals surface area contributed by atoms with Crippen molar-refractivity contribution < 1.29 is 9.50 Å². The maximum absolute atomic E-state index is 13.8. The van der Waals surface area contributed by atoms with E-state index in [1.807, 2.05) is 32.0 Å². The third-order valence-corrected chi connectivity index (χ3v) is 3.52. The number of hydrogen-bond donors (Lipinski definition) is 1. The fraction of sp³-hybridized carbons (Fsp3) is 0.200. The summed E-state index contributed by atoms with van der Waals surface area (Å²) in [5.41, 5.74) is 3.09. The molecule has 2 aromatic carbocycles. The van der Waals surface area contributed by atoms with Gasteiger partial charge in [0.1, 0.15) is 11.9 Å². The molecule has 1 atom stereocenters. The van der Waals surface area contributed by atoms with Gasteiger partial charge in [0.2, 0.25) is 0 Å². The van der Waals surface area contributed by atoms with Crippen molar-refractivity contribution in [3.05, 3.63) is 68.9 Å². The normalized spacial score (nSPS) is 12.5. The molecular weight excluding hydrogens is 295 g/mol.